The lowest BCUT2D eigenvalue weighted by atomic mass is 10.2. The zero-order chi connectivity index (χ0) is 6.85. The van der Waals surface area contributed by atoms with Gasteiger partial charge >= 0.3 is 0 Å². The van der Waals surface area contributed by atoms with E-state index in [0.29, 0.717) is 5.92 Å². The van der Waals surface area contributed by atoms with E-state index in [0.717, 1.165) is 11.5 Å². The normalized spacial score (nSPS) is 10.7. The van der Waals surface area contributed by atoms with Gasteiger partial charge in [-0.1, -0.05) is 13.8 Å². The van der Waals surface area contributed by atoms with E-state index in [2.05, 4.69) is 23.8 Å². The van der Waals surface area contributed by atoms with Gasteiger partial charge in [0.15, 0.2) is 0 Å². The Labute approximate surface area is 56.8 Å². The van der Waals surface area contributed by atoms with Crippen LogP contribution in [-0.4, -0.2) is 9.97 Å². The van der Waals surface area contributed by atoms with Gasteiger partial charge in [0, 0.05) is 19.2 Å². The van der Waals surface area contributed by atoms with Gasteiger partial charge in [0.05, 0.1) is 0 Å². The molecular formula is C7H14N2. The summed E-state index contributed by atoms with van der Waals surface area (Å²) in [5.74, 6) is 1.59. The molecule has 0 saturated heterocycles. The first-order chi connectivity index (χ1) is 4.20. The number of nitrogens with one attached hydrogen (secondary N) is 1. The molecule has 0 atom stereocenters. The van der Waals surface area contributed by atoms with Crippen LogP contribution in [0.5, 0.6) is 0 Å². The van der Waals surface area contributed by atoms with Crippen molar-refractivity contribution in [3.05, 3.63) is 17.7 Å². The minimum absolute atomic E-state index is 0. The highest BCUT2D eigenvalue weighted by molar-refractivity contribution is 5.01. The van der Waals surface area contributed by atoms with Gasteiger partial charge in [-0.15, -0.1) is 0 Å². The van der Waals surface area contributed by atoms with E-state index in [1.54, 1.807) is 0 Å². The topological polar surface area (TPSA) is 28.7 Å². The van der Waals surface area contributed by atoms with Gasteiger partial charge < -0.3 is 4.98 Å². The summed E-state index contributed by atoms with van der Waals surface area (Å²) in [4.78, 5) is 7.32. The largest absolute Gasteiger partial charge is 0.346 e. The van der Waals surface area contributed by atoms with Crippen molar-refractivity contribution >= 4 is 0 Å². The molecule has 1 aromatic rings. The van der Waals surface area contributed by atoms with E-state index in [1.165, 1.54) is 0 Å². The van der Waals surface area contributed by atoms with Gasteiger partial charge in [-0.05, 0) is 6.92 Å². The van der Waals surface area contributed by atoms with Crippen LogP contribution in [0.25, 0.3) is 0 Å². The van der Waals surface area contributed by atoms with Crippen LogP contribution in [0.2, 0.25) is 0 Å². The zero-order valence-electron chi connectivity index (χ0n) is 6.10. The molecule has 0 unspecified atom stereocenters. The quantitative estimate of drug-likeness (QED) is 0.613. The highest BCUT2D eigenvalue weighted by Gasteiger charge is 1.99. The molecule has 0 aliphatic carbocycles. The Hall–Kier alpha value is -0.790. The number of rotatable bonds is 1. The summed E-state index contributed by atoms with van der Waals surface area (Å²) in [6, 6.07) is 0. The number of aryl methyl sites for hydroxylation is 1. The fraction of sp³-hybridized carbons (Fsp3) is 0.571. The lowest BCUT2D eigenvalue weighted by molar-refractivity contribution is 0.792. The molecule has 1 aromatic heterocycles. The Morgan fingerprint density at radius 1 is 1.67 bits per heavy atom. The summed E-state index contributed by atoms with van der Waals surface area (Å²) >= 11 is 0. The van der Waals surface area contributed by atoms with Gasteiger partial charge in [0.25, 0.3) is 0 Å². The van der Waals surface area contributed by atoms with E-state index in [1.807, 2.05) is 13.1 Å². The third-order valence-electron chi connectivity index (χ3n) is 1.27. The van der Waals surface area contributed by atoms with Crippen molar-refractivity contribution < 1.29 is 1.43 Å². The lowest BCUT2D eigenvalue weighted by Crippen LogP contribution is -1.88. The number of H-pyrrole nitrogens is 1. The molecule has 0 saturated carbocycles. The first-order valence-electron chi connectivity index (χ1n) is 3.21. The Morgan fingerprint density at radius 3 is 2.56 bits per heavy atom. The molecule has 0 bridgehead atoms. The molecule has 2 nitrogen and oxygen atoms in total. The number of aromatic nitrogens is 2. The predicted molar refractivity (Wildman–Crippen MR) is 39.5 cm³/mol. The average molecular weight is 126 g/mol. The summed E-state index contributed by atoms with van der Waals surface area (Å²) in [7, 11) is 0. The van der Waals surface area contributed by atoms with Gasteiger partial charge in [0.1, 0.15) is 5.82 Å². The van der Waals surface area contributed by atoms with Gasteiger partial charge in [0.2, 0.25) is 0 Å². The summed E-state index contributed by atoms with van der Waals surface area (Å²) in [5.41, 5.74) is 1.14. The molecule has 2 heteroatoms. The molecule has 1 rings (SSSR count). The number of aromatic amines is 1. The van der Waals surface area contributed by atoms with Crippen molar-refractivity contribution in [3.63, 3.8) is 0 Å². The zero-order valence-corrected chi connectivity index (χ0v) is 6.10. The second-order valence-corrected chi connectivity index (χ2v) is 2.61. The number of hydrogen-bond acceptors (Lipinski definition) is 1. The number of imidazole rings is 1. The van der Waals surface area contributed by atoms with Crippen LogP contribution in [0.1, 0.15) is 32.7 Å². The third-order valence-corrected chi connectivity index (χ3v) is 1.27. The lowest BCUT2D eigenvalue weighted by Gasteiger charge is -1.95. The standard InChI is InChI=1S/C7H12N2.H2/c1-5(2)7-8-4-6(3)9-7;/h4-5H,1-3H3,(H,8,9);1H. The van der Waals surface area contributed by atoms with E-state index in [9.17, 15) is 0 Å². The van der Waals surface area contributed by atoms with Crippen LogP contribution in [0.15, 0.2) is 6.20 Å². The fourth-order valence-electron chi connectivity index (χ4n) is 0.726. The van der Waals surface area contributed by atoms with Gasteiger partial charge in [-0.25, -0.2) is 4.98 Å². The SMILES string of the molecule is Cc1cnc(C(C)C)[nH]1.[HH]. The molecule has 0 radical (unpaired) electrons. The van der Waals surface area contributed by atoms with Crippen molar-refractivity contribution in [2.75, 3.05) is 0 Å². The van der Waals surface area contributed by atoms with Gasteiger partial charge in [-0.2, -0.15) is 0 Å². The van der Waals surface area contributed by atoms with Crippen LogP contribution >= 0.6 is 0 Å². The maximum Gasteiger partial charge on any atom is 0.108 e. The number of nitrogens with zero attached hydrogens (tertiary/aromatic N) is 1. The second-order valence-electron chi connectivity index (χ2n) is 2.61. The molecule has 0 aromatic carbocycles. The third kappa shape index (κ3) is 1.31. The minimum atomic E-state index is 0. The molecule has 1 heterocycles. The highest BCUT2D eigenvalue weighted by Crippen LogP contribution is 2.07. The average Bonchev–Trinajstić information content (AvgIpc) is 2.14. The molecular weight excluding hydrogens is 112 g/mol. The molecule has 1 N–H and O–H groups in total. The van der Waals surface area contributed by atoms with Gasteiger partial charge in [-0.3, -0.25) is 0 Å². The molecule has 9 heavy (non-hydrogen) atoms. The van der Waals surface area contributed by atoms with Crippen molar-refractivity contribution in [2.45, 2.75) is 26.7 Å². The molecule has 0 amide bonds. The summed E-state index contributed by atoms with van der Waals surface area (Å²) < 4.78 is 0. The summed E-state index contributed by atoms with van der Waals surface area (Å²) in [6.07, 6.45) is 1.86. The van der Waals surface area contributed by atoms with Crippen molar-refractivity contribution in [3.8, 4) is 0 Å². The Morgan fingerprint density at radius 2 is 2.33 bits per heavy atom. The Bertz CT molecular complexity index is 193. The van der Waals surface area contributed by atoms with Crippen molar-refractivity contribution in [2.24, 2.45) is 0 Å². The first-order valence-corrected chi connectivity index (χ1v) is 3.21. The summed E-state index contributed by atoms with van der Waals surface area (Å²) in [5, 5.41) is 0. The van der Waals surface area contributed by atoms with Crippen molar-refractivity contribution in [1.29, 1.82) is 0 Å². The predicted octanol–water partition coefficient (Wildman–Crippen LogP) is 2.09. The minimum Gasteiger partial charge on any atom is -0.346 e. The second kappa shape index (κ2) is 2.21. The molecule has 0 fully saturated rings. The molecule has 52 valence electrons. The summed E-state index contributed by atoms with van der Waals surface area (Å²) in [6.45, 7) is 6.26. The smallest absolute Gasteiger partial charge is 0.108 e. The number of hydrogen-bond donors (Lipinski definition) is 1. The van der Waals surface area contributed by atoms with E-state index >= 15 is 0 Å². The van der Waals surface area contributed by atoms with Crippen LogP contribution in [-0.2, 0) is 0 Å². The molecule has 0 spiro atoms. The van der Waals surface area contributed by atoms with Crippen LogP contribution in [0.4, 0.5) is 0 Å². The van der Waals surface area contributed by atoms with E-state index in [4.69, 9.17) is 0 Å². The maximum absolute atomic E-state index is 4.16. The van der Waals surface area contributed by atoms with E-state index < -0.39 is 0 Å². The van der Waals surface area contributed by atoms with Crippen LogP contribution < -0.4 is 0 Å². The van der Waals surface area contributed by atoms with Crippen molar-refractivity contribution in [1.82, 2.24) is 9.97 Å². The first kappa shape index (κ1) is 6.33. The molecule has 0 aliphatic heterocycles. The maximum atomic E-state index is 4.16. The molecule has 0 aliphatic rings. The monoisotopic (exact) mass is 126 g/mol. The van der Waals surface area contributed by atoms with Crippen LogP contribution in [0.3, 0.4) is 0 Å². The Balaban J connectivity index is 0.000000810. The van der Waals surface area contributed by atoms with Crippen LogP contribution in [0, 0.1) is 6.92 Å². The fourth-order valence-corrected chi connectivity index (χ4v) is 0.726. The Kier molecular flexibility index (Phi) is 1.56. The van der Waals surface area contributed by atoms with E-state index in [-0.39, 0.29) is 1.43 Å². The highest BCUT2D eigenvalue weighted by atomic mass is 14.9.